The van der Waals surface area contributed by atoms with Gasteiger partial charge in [-0.05, 0) is 18.8 Å². The second-order valence-corrected chi connectivity index (χ2v) is 7.02. The number of nitrogens with zero attached hydrogens (tertiary/aromatic N) is 2. The smallest absolute Gasteiger partial charge is 0.268 e. The van der Waals surface area contributed by atoms with E-state index in [1.807, 2.05) is 0 Å². The second kappa shape index (κ2) is 5.09. The molecule has 1 heterocycles. The molecule has 1 saturated carbocycles. The predicted octanol–water partition coefficient (Wildman–Crippen LogP) is 0.110. The van der Waals surface area contributed by atoms with Crippen molar-refractivity contribution < 1.29 is 8.42 Å². The van der Waals surface area contributed by atoms with Gasteiger partial charge in [-0.15, -0.1) is 0 Å². The normalized spacial score (nSPS) is 15.6. The zero-order valence-corrected chi connectivity index (χ0v) is 11.1. The van der Waals surface area contributed by atoms with E-state index in [2.05, 4.69) is 10.4 Å². The molecular formula is C11H17N3O3S. The molecule has 18 heavy (non-hydrogen) atoms. The Kier molecular flexibility index (Phi) is 3.70. The predicted molar refractivity (Wildman–Crippen MR) is 69.4 cm³/mol. The van der Waals surface area contributed by atoms with Crippen molar-refractivity contribution in [3.63, 3.8) is 0 Å². The molecule has 1 fully saturated rings. The van der Waals surface area contributed by atoms with E-state index < -0.39 is 9.84 Å². The summed E-state index contributed by atoms with van der Waals surface area (Å²) in [5.74, 6) is 0.645. The van der Waals surface area contributed by atoms with Gasteiger partial charge in [-0.2, -0.15) is 5.10 Å². The summed E-state index contributed by atoms with van der Waals surface area (Å²) in [6.07, 6.45) is 5.19. The lowest BCUT2D eigenvalue weighted by molar-refractivity contribution is 0.575. The van der Waals surface area contributed by atoms with Crippen LogP contribution in [0, 0.1) is 5.92 Å². The number of anilines is 1. The van der Waals surface area contributed by atoms with Gasteiger partial charge < -0.3 is 5.32 Å². The number of aryl methyl sites for hydroxylation is 1. The third kappa shape index (κ3) is 4.14. The molecule has 0 aromatic carbocycles. The quantitative estimate of drug-likeness (QED) is 0.794. The molecule has 2 rings (SSSR count). The highest BCUT2D eigenvalue weighted by Gasteiger charge is 2.20. The van der Waals surface area contributed by atoms with Gasteiger partial charge in [0.05, 0.1) is 24.2 Å². The van der Waals surface area contributed by atoms with Gasteiger partial charge in [0.25, 0.3) is 5.56 Å². The number of nitrogens with one attached hydrogen (secondary N) is 1. The molecule has 7 heteroatoms. The molecule has 0 radical (unpaired) electrons. The molecular weight excluding hydrogens is 254 g/mol. The molecule has 0 atom stereocenters. The van der Waals surface area contributed by atoms with Gasteiger partial charge in [-0.1, -0.05) is 0 Å². The Hall–Kier alpha value is -1.37. The fourth-order valence-corrected chi connectivity index (χ4v) is 2.04. The second-order valence-electron chi connectivity index (χ2n) is 4.76. The fraction of sp³-hybridized carbons (Fsp3) is 0.636. The van der Waals surface area contributed by atoms with Crippen LogP contribution < -0.4 is 10.9 Å². The van der Waals surface area contributed by atoms with Crippen LogP contribution >= 0.6 is 0 Å². The molecule has 1 N–H and O–H groups in total. The maximum Gasteiger partial charge on any atom is 0.268 e. The highest BCUT2D eigenvalue weighted by atomic mass is 32.2. The maximum atomic E-state index is 11.7. The highest BCUT2D eigenvalue weighted by Crippen LogP contribution is 2.28. The average molecular weight is 271 g/mol. The summed E-state index contributed by atoms with van der Waals surface area (Å²) in [6, 6.07) is 1.46. The highest BCUT2D eigenvalue weighted by molar-refractivity contribution is 7.90. The van der Waals surface area contributed by atoms with Gasteiger partial charge >= 0.3 is 0 Å². The molecule has 1 aromatic rings. The number of aromatic nitrogens is 2. The van der Waals surface area contributed by atoms with E-state index in [0.717, 1.165) is 18.7 Å². The minimum Gasteiger partial charge on any atom is -0.383 e. The fourth-order valence-electron chi connectivity index (χ4n) is 1.53. The molecule has 1 aliphatic carbocycles. The van der Waals surface area contributed by atoms with Crippen LogP contribution in [-0.2, 0) is 16.4 Å². The molecule has 0 bridgehead atoms. The van der Waals surface area contributed by atoms with Crippen molar-refractivity contribution in [2.45, 2.75) is 19.4 Å². The van der Waals surface area contributed by atoms with Crippen LogP contribution in [0.4, 0.5) is 5.69 Å². The Bertz CT molecular complexity index is 575. The minimum absolute atomic E-state index is 0.0746. The lowest BCUT2D eigenvalue weighted by Gasteiger charge is -2.07. The maximum absolute atomic E-state index is 11.7. The summed E-state index contributed by atoms with van der Waals surface area (Å²) >= 11 is 0. The lowest BCUT2D eigenvalue weighted by atomic mass is 10.4. The van der Waals surface area contributed by atoms with Gasteiger partial charge in [0.15, 0.2) is 0 Å². The molecule has 6 nitrogen and oxygen atoms in total. The molecule has 0 amide bonds. The number of hydrogen-bond acceptors (Lipinski definition) is 5. The third-order valence-electron chi connectivity index (χ3n) is 2.84. The molecule has 0 saturated heterocycles. The topological polar surface area (TPSA) is 81.1 Å². The first-order chi connectivity index (χ1) is 8.44. The van der Waals surface area contributed by atoms with Gasteiger partial charge in [0, 0.05) is 18.9 Å². The Morgan fingerprint density at radius 3 is 2.78 bits per heavy atom. The van der Waals surface area contributed by atoms with Crippen LogP contribution in [0.3, 0.4) is 0 Å². The van der Waals surface area contributed by atoms with Crippen molar-refractivity contribution in [1.29, 1.82) is 0 Å². The van der Waals surface area contributed by atoms with Crippen molar-refractivity contribution in [2.24, 2.45) is 5.92 Å². The summed E-state index contributed by atoms with van der Waals surface area (Å²) in [7, 11) is -3.08. The Morgan fingerprint density at radius 2 is 2.22 bits per heavy atom. The zero-order chi connectivity index (χ0) is 13.2. The Balaban J connectivity index is 1.97. The number of sulfone groups is 1. The zero-order valence-electron chi connectivity index (χ0n) is 10.3. The molecule has 0 unspecified atom stereocenters. The minimum atomic E-state index is -3.08. The largest absolute Gasteiger partial charge is 0.383 e. The van der Waals surface area contributed by atoms with Crippen LogP contribution in [0.25, 0.3) is 0 Å². The van der Waals surface area contributed by atoms with Crippen LogP contribution in [0.5, 0.6) is 0 Å². The van der Waals surface area contributed by atoms with E-state index in [1.165, 1.54) is 23.6 Å². The summed E-state index contributed by atoms with van der Waals surface area (Å²) in [6.45, 7) is 0.967. The van der Waals surface area contributed by atoms with Crippen molar-refractivity contribution >= 4 is 15.5 Å². The van der Waals surface area contributed by atoms with Gasteiger partial charge in [0.1, 0.15) is 9.84 Å². The summed E-state index contributed by atoms with van der Waals surface area (Å²) in [5, 5.41) is 7.11. The van der Waals surface area contributed by atoms with Gasteiger partial charge in [-0.25, -0.2) is 13.1 Å². The SMILES string of the molecule is CS(=O)(=O)CCn1ncc(NCC2CC2)cc1=O. The van der Waals surface area contributed by atoms with Crippen LogP contribution in [0.1, 0.15) is 12.8 Å². The lowest BCUT2D eigenvalue weighted by Crippen LogP contribution is -2.26. The third-order valence-corrected chi connectivity index (χ3v) is 3.76. The van der Waals surface area contributed by atoms with E-state index in [0.29, 0.717) is 5.69 Å². The van der Waals surface area contributed by atoms with Crippen LogP contribution in [0.2, 0.25) is 0 Å². The molecule has 0 spiro atoms. The molecule has 0 aliphatic heterocycles. The van der Waals surface area contributed by atoms with Crippen molar-refractivity contribution in [2.75, 3.05) is 23.9 Å². The summed E-state index contributed by atoms with van der Waals surface area (Å²) < 4.78 is 23.2. The first kappa shape index (κ1) is 13.1. The van der Waals surface area contributed by atoms with E-state index in [-0.39, 0.29) is 17.9 Å². The standard InChI is InChI=1S/C11H17N3O3S/c1-18(16,17)5-4-14-11(15)6-10(8-13-14)12-7-9-2-3-9/h6,8-9,12H,2-5,7H2,1H3. The van der Waals surface area contributed by atoms with Crippen molar-refractivity contribution in [1.82, 2.24) is 9.78 Å². The van der Waals surface area contributed by atoms with Crippen molar-refractivity contribution in [3.05, 3.63) is 22.6 Å². The van der Waals surface area contributed by atoms with Gasteiger partial charge in [0.2, 0.25) is 0 Å². The van der Waals surface area contributed by atoms with Crippen LogP contribution in [0.15, 0.2) is 17.1 Å². The first-order valence-electron chi connectivity index (χ1n) is 5.93. The molecule has 100 valence electrons. The summed E-state index contributed by atoms with van der Waals surface area (Å²) in [4.78, 5) is 11.7. The van der Waals surface area contributed by atoms with E-state index >= 15 is 0 Å². The number of hydrogen-bond donors (Lipinski definition) is 1. The monoisotopic (exact) mass is 271 g/mol. The van der Waals surface area contributed by atoms with E-state index in [1.54, 1.807) is 6.20 Å². The van der Waals surface area contributed by atoms with Crippen LogP contribution in [-0.4, -0.2) is 36.8 Å². The average Bonchev–Trinajstić information content (AvgIpc) is 3.07. The van der Waals surface area contributed by atoms with E-state index in [9.17, 15) is 13.2 Å². The number of rotatable bonds is 6. The first-order valence-corrected chi connectivity index (χ1v) is 7.99. The molecule has 1 aliphatic rings. The van der Waals surface area contributed by atoms with Gasteiger partial charge in [-0.3, -0.25) is 4.79 Å². The molecule has 1 aromatic heterocycles. The van der Waals surface area contributed by atoms with E-state index in [4.69, 9.17) is 0 Å². The Morgan fingerprint density at radius 1 is 1.50 bits per heavy atom. The Labute approximate surface area is 106 Å². The van der Waals surface area contributed by atoms with Crippen molar-refractivity contribution in [3.8, 4) is 0 Å². The summed E-state index contributed by atoms with van der Waals surface area (Å²) in [5.41, 5.74) is 0.418.